The van der Waals surface area contributed by atoms with Crippen molar-refractivity contribution < 1.29 is 10.2 Å². The quantitative estimate of drug-likeness (QED) is 0.496. The molecule has 0 bridgehead atoms. The van der Waals surface area contributed by atoms with Crippen LogP contribution in [0.2, 0.25) is 0 Å². The number of thioether (sulfide) groups is 1. The van der Waals surface area contributed by atoms with Crippen molar-refractivity contribution in [2.75, 3.05) is 0 Å². The predicted molar refractivity (Wildman–Crippen MR) is 107 cm³/mol. The zero-order valence-corrected chi connectivity index (χ0v) is 16.3. The van der Waals surface area contributed by atoms with Crippen LogP contribution in [0.15, 0.2) is 58.3 Å². The average molecular weight is 380 g/mol. The Hall–Kier alpha value is -2.57. The van der Waals surface area contributed by atoms with Crippen molar-refractivity contribution in [3.63, 3.8) is 0 Å². The molecule has 0 spiro atoms. The number of nitrogens with one attached hydrogen (secondary N) is 1. The Morgan fingerprint density at radius 2 is 1.96 bits per heavy atom. The van der Waals surface area contributed by atoms with Crippen molar-refractivity contribution in [3.05, 3.63) is 76.8 Å². The van der Waals surface area contributed by atoms with Gasteiger partial charge in [-0.3, -0.25) is 0 Å². The Balaban J connectivity index is 1.43. The highest BCUT2D eigenvalue weighted by Crippen LogP contribution is 2.26. The molecule has 0 fully saturated rings. The SMILES string of the molecule is Cc1ccc(C)c(CSc2nnc([C@@H]([NH3+])Cc3c[nH]c4ccccc34)o2)c1. The van der Waals surface area contributed by atoms with E-state index in [4.69, 9.17) is 4.42 Å². The molecule has 0 amide bonds. The third-order valence-corrected chi connectivity index (χ3v) is 5.64. The number of aromatic amines is 1. The lowest BCUT2D eigenvalue weighted by Gasteiger charge is -2.05. The van der Waals surface area contributed by atoms with E-state index >= 15 is 0 Å². The Labute approximate surface area is 162 Å². The number of aryl methyl sites for hydroxylation is 2. The minimum absolute atomic E-state index is 0.0771. The molecule has 2 aromatic heterocycles. The van der Waals surface area contributed by atoms with Crippen LogP contribution >= 0.6 is 11.8 Å². The molecule has 0 aliphatic heterocycles. The largest absolute Gasteiger partial charge is 0.410 e. The Morgan fingerprint density at radius 3 is 2.85 bits per heavy atom. The summed E-state index contributed by atoms with van der Waals surface area (Å²) in [5, 5.41) is 10.2. The van der Waals surface area contributed by atoms with Crippen molar-refractivity contribution >= 4 is 22.7 Å². The molecule has 6 heteroatoms. The van der Waals surface area contributed by atoms with Crippen LogP contribution in [-0.2, 0) is 12.2 Å². The fraction of sp³-hybridized carbons (Fsp3) is 0.238. The van der Waals surface area contributed by atoms with Crippen molar-refractivity contribution in [1.29, 1.82) is 0 Å². The summed E-state index contributed by atoms with van der Waals surface area (Å²) < 4.78 is 5.87. The number of quaternary nitrogens is 1. The van der Waals surface area contributed by atoms with E-state index in [1.54, 1.807) is 11.8 Å². The Bertz CT molecular complexity index is 1070. The highest BCUT2D eigenvalue weighted by atomic mass is 32.2. The molecule has 138 valence electrons. The van der Waals surface area contributed by atoms with Gasteiger partial charge in [-0.1, -0.05) is 53.7 Å². The molecule has 4 rings (SSSR count). The van der Waals surface area contributed by atoms with E-state index in [1.807, 2.05) is 18.3 Å². The van der Waals surface area contributed by atoms with Gasteiger partial charge in [0.05, 0.1) is 0 Å². The van der Waals surface area contributed by atoms with Gasteiger partial charge in [-0.15, -0.1) is 10.2 Å². The minimum Gasteiger partial charge on any atom is -0.410 e. The summed E-state index contributed by atoms with van der Waals surface area (Å²) in [7, 11) is 0. The van der Waals surface area contributed by atoms with E-state index in [2.05, 4.69) is 65.1 Å². The van der Waals surface area contributed by atoms with Gasteiger partial charge >= 0.3 is 0 Å². The number of para-hydroxylation sites is 1. The summed E-state index contributed by atoms with van der Waals surface area (Å²) in [6.07, 6.45) is 2.79. The van der Waals surface area contributed by atoms with Gasteiger partial charge in [0.15, 0.2) is 6.04 Å². The lowest BCUT2D eigenvalue weighted by atomic mass is 10.1. The van der Waals surface area contributed by atoms with Gasteiger partial charge in [0, 0.05) is 29.3 Å². The third kappa shape index (κ3) is 3.91. The van der Waals surface area contributed by atoms with Crippen LogP contribution in [0.5, 0.6) is 0 Å². The van der Waals surface area contributed by atoms with E-state index in [1.165, 1.54) is 27.6 Å². The van der Waals surface area contributed by atoms with Crippen LogP contribution in [-0.4, -0.2) is 15.2 Å². The molecule has 0 aliphatic rings. The smallest absolute Gasteiger partial charge is 0.277 e. The van der Waals surface area contributed by atoms with Crippen LogP contribution in [0.1, 0.15) is 34.2 Å². The molecule has 0 saturated carbocycles. The Kier molecular flexibility index (Phi) is 5.01. The van der Waals surface area contributed by atoms with Crippen LogP contribution in [0.4, 0.5) is 0 Å². The summed E-state index contributed by atoms with van der Waals surface area (Å²) in [5.74, 6) is 1.41. The van der Waals surface area contributed by atoms with Crippen molar-refractivity contribution in [3.8, 4) is 0 Å². The molecule has 2 heterocycles. The van der Waals surface area contributed by atoms with Gasteiger partial charge in [0.25, 0.3) is 11.1 Å². The molecule has 27 heavy (non-hydrogen) atoms. The second kappa shape index (κ2) is 7.58. The maximum atomic E-state index is 5.87. The number of nitrogens with zero attached hydrogens (tertiary/aromatic N) is 2. The monoisotopic (exact) mass is 379 g/mol. The highest BCUT2D eigenvalue weighted by molar-refractivity contribution is 7.98. The molecule has 4 aromatic rings. The highest BCUT2D eigenvalue weighted by Gasteiger charge is 2.20. The fourth-order valence-corrected chi connectivity index (χ4v) is 4.03. The third-order valence-electron chi connectivity index (χ3n) is 4.77. The zero-order valence-electron chi connectivity index (χ0n) is 15.5. The number of hydrogen-bond donors (Lipinski definition) is 2. The summed E-state index contributed by atoms with van der Waals surface area (Å²) in [5.41, 5.74) is 10.4. The standard InChI is InChI=1S/C21H22N4OS/c1-13-7-8-14(2)16(9-13)12-27-21-25-24-20(26-21)18(22)10-15-11-23-19-6-4-3-5-17(15)19/h3-9,11,18,23H,10,12,22H2,1-2H3/p+1/t18-/m0/s1. The number of aromatic nitrogens is 3. The summed E-state index contributed by atoms with van der Waals surface area (Å²) in [6, 6.07) is 14.7. The van der Waals surface area contributed by atoms with E-state index in [9.17, 15) is 0 Å². The van der Waals surface area contributed by atoms with Gasteiger partial charge in [-0.05, 0) is 36.6 Å². The van der Waals surface area contributed by atoms with Gasteiger partial charge in [0.1, 0.15) is 0 Å². The van der Waals surface area contributed by atoms with Gasteiger partial charge in [0.2, 0.25) is 0 Å². The van der Waals surface area contributed by atoms with E-state index < -0.39 is 0 Å². The first-order valence-corrected chi connectivity index (χ1v) is 9.99. The first-order valence-electron chi connectivity index (χ1n) is 9.00. The molecule has 1 atom stereocenters. The molecular weight excluding hydrogens is 356 g/mol. The van der Waals surface area contributed by atoms with Crippen molar-refractivity contribution in [2.24, 2.45) is 0 Å². The molecule has 0 saturated heterocycles. The van der Waals surface area contributed by atoms with Crippen molar-refractivity contribution in [2.45, 2.75) is 37.3 Å². The van der Waals surface area contributed by atoms with Crippen LogP contribution in [0.25, 0.3) is 10.9 Å². The zero-order chi connectivity index (χ0) is 18.8. The number of H-pyrrole nitrogens is 1. The maximum absolute atomic E-state index is 5.87. The topological polar surface area (TPSA) is 82.4 Å². The first kappa shape index (κ1) is 17.8. The first-order chi connectivity index (χ1) is 13.1. The predicted octanol–water partition coefficient (Wildman–Crippen LogP) is 3.99. The van der Waals surface area contributed by atoms with Crippen LogP contribution in [0, 0.1) is 13.8 Å². The van der Waals surface area contributed by atoms with Crippen molar-refractivity contribution in [1.82, 2.24) is 15.2 Å². The second-order valence-corrected chi connectivity index (χ2v) is 7.81. The van der Waals surface area contributed by atoms with Crippen LogP contribution in [0.3, 0.4) is 0 Å². The lowest BCUT2D eigenvalue weighted by Crippen LogP contribution is -2.54. The minimum atomic E-state index is -0.0771. The molecular formula is C21H23N4OS+. The summed E-state index contributed by atoms with van der Waals surface area (Å²) in [6.45, 7) is 4.23. The Morgan fingerprint density at radius 1 is 1.11 bits per heavy atom. The van der Waals surface area contributed by atoms with E-state index in [0.29, 0.717) is 11.1 Å². The van der Waals surface area contributed by atoms with Gasteiger partial charge in [-0.2, -0.15) is 0 Å². The summed E-state index contributed by atoms with van der Waals surface area (Å²) in [4.78, 5) is 3.30. The van der Waals surface area contributed by atoms with E-state index in [0.717, 1.165) is 17.7 Å². The molecule has 4 N–H and O–H groups in total. The number of benzene rings is 2. The van der Waals surface area contributed by atoms with Crippen LogP contribution < -0.4 is 5.73 Å². The molecule has 0 aliphatic carbocycles. The van der Waals surface area contributed by atoms with Gasteiger partial charge in [-0.25, -0.2) is 0 Å². The molecule has 0 radical (unpaired) electrons. The molecule has 2 aromatic carbocycles. The van der Waals surface area contributed by atoms with E-state index in [-0.39, 0.29) is 6.04 Å². The number of rotatable bonds is 6. The molecule has 5 nitrogen and oxygen atoms in total. The number of fused-ring (bicyclic) bond motifs is 1. The summed E-state index contributed by atoms with van der Waals surface area (Å²) >= 11 is 1.57. The lowest BCUT2D eigenvalue weighted by molar-refractivity contribution is -0.431. The van der Waals surface area contributed by atoms with Gasteiger partial charge < -0.3 is 15.1 Å². The second-order valence-electron chi connectivity index (χ2n) is 6.89. The molecule has 0 unspecified atom stereocenters. The normalized spacial score (nSPS) is 12.6. The fourth-order valence-electron chi connectivity index (χ4n) is 3.19. The number of hydrogen-bond acceptors (Lipinski definition) is 4. The average Bonchev–Trinajstić information content (AvgIpc) is 3.30. The maximum Gasteiger partial charge on any atom is 0.277 e.